The molecule has 43 heavy (non-hydrogen) atoms. The van der Waals surface area contributed by atoms with Crippen molar-refractivity contribution in [2.45, 2.75) is 0 Å². The molecule has 0 aliphatic rings. The zero-order valence-corrected chi connectivity index (χ0v) is 24.0. The second-order valence-corrected chi connectivity index (χ2v) is 12.0. The van der Waals surface area contributed by atoms with Gasteiger partial charge in [-0.05, 0) is 59.0 Å². The van der Waals surface area contributed by atoms with Gasteiger partial charge in [-0.2, -0.15) is 0 Å². The van der Waals surface area contributed by atoms with Crippen LogP contribution >= 0.6 is 11.3 Å². The van der Waals surface area contributed by atoms with Gasteiger partial charge < -0.3 is 9.32 Å². The third-order valence-electron chi connectivity index (χ3n) is 8.42. The van der Waals surface area contributed by atoms with Gasteiger partial charge in [0.2, 0.25) is 0 Å². The summed E-state index contributed by atoms with van der Waals surface area (Å²) in [7, 11) is 0. The second kappa shape index (κ2) is 9.59. The third kappa shape index (κ3) is 3.86. The van der Waals surface area contributed by atoms with Gasteiger partial charge >= 0.3 is 0 Å². The molecule has 0 radical (unpaired) electrons. The van der Waals surface area contributed by atoms with Crippen molar-refractivity contribution in [1.29, 1.82) is 0 Å². The summed E-state index contributed by atoms with van der Waals surface area (Å²) in [6.45, 7) is 0. The maximum atomic E-state index is 6.50. The molecule has 9 rings (SSSR count). The lowest BCUT2D eigenvalue weighted by atomic mass is 9.99. The van der Waals surface area contributed by atoms with Crippen LogP contribution < -0.4 is 4.90 Å². The fourth-order valence-corrected chi connectivity index (χ4v) is 7.61. The van der Waals surface area contributed by atoms with E-state index in [0.29, 0.717) is 0 Å². The molecule has 9 aromatic rings. The van der Waals surface area contributed by atoms with Crippen molar-refractivity contribution in [1.82, 2.24) is 0 Å². The standard InChI is InChI=1S/C40H25NOS/c1-2-11-26(12-3-1)27-14-10-15-29(23-27)41(30-21-22-33-32-17-7-9-20-37(32)43-38(33)25-30)40-31-16-5-4-13-28(31)24-36-39(40)34-18-6-8-19-35(34)42-36/h1-25H. The molecule has 0 saturated heterocycles. The highest BCUT2D eigenvalue weighted by Crippen LogP contribution is 2.48. The number of rotatable bonds is 4. The average molecular weight is 568 g/mol. The minimum absolute atomic E-state index is 0.891. The van der Waals surface area contributed by atoms with Crippen molar-refractivity contribution in [3.63, 3.8) is 0 Å². The molecule has 0 aliphatic heterocycles. The molecule has 0 aliphatic carbocycles. The predicted molar refractivity (Wildman–Crippen MR) is 184 cm³/mol. The monoisotopic (exact) mass is 567 g/mol. The number of thiophene rings is 1. The van der Waals surface area contributed by atoms with Crippen molar-refractivity contribution in [2.75, 3.05) is 4.90 Å². The van der Waals surface area contributed by atoms with E-state index in [0.717, 1.165) is 44.4 Å². The summed E-state index contributed by atoms with van der Waals surface area (Å²) in [6.07, 6.45) is 0. The summed E-state index contributed by atoms with van der Waals surface area (Å²) < 4.78 is 9.08. The lowest BCUT2D eigenvalue weighted by molar-refractivity contribution is 0.669. The first kappa shape index (κ1) is 24.2. The van der Waals surface area contributed by atoms with Gasteiger partial charge in [0, 0.05) is 42.3 Å². The summed E-state index contributed by atoms with van der Waals surface area (Å²) in [5.74, 6) is 0. The van der Waals surface area contributed by atoms with Crippen LogP contribution in [0.5, 0.6) is 0 Å². The van der Waals surface area contributed by atoms with Crippen LogP contribution in [-0.4, -0.2) is 0 Å². The number of benzene rings is 7. The molecule has 0 bridgehead atoms. The molecular weight excluding hydrogens is 543 g/mol. The van der Waals surface area contributed by atoms with Crippen molar-refractivity contribution < 1.29 is 4.42 Å². The predicted octanol–water partition coefficient (Wildman–Crippen LogP) is 12.2. The van der Waals surface area contributed by atoms with Gasteiger partial charge in [-0.25, -0.2) is 0 Å². The first-order valence-electron chi connectivity index (χ1n) is 14.5. The molecule has 0 unspecified atom stereocenters. The lowest BCUT2D eigenvalue weighted by Crippen LogP contribution is -2.11. The molecule has 202 valence electrons. The summed E-state index contributed by atoms with van der Waals surface area (Å²) in [6, 6.07) is 54.3. The smallest absolute Gasteiger partial charge is 0.138 e. The zero-order valence-electron chi connectivity index (χ0n) is 23.2. The molecule has 0 atom stereocenters. The minimum atomic E-state index is 0.891. The third-order valence-corrected chi connectivity index (χ3v) is 9.55. The molecule has 7 aromatic carbocycles. The molecule has 2 aromatic heterocycles. The number of fused-ring (bicyclic) bond motifs is 7. The quantitative estimate of drug-likeness (QED) is 0.210. The van der Waals surface area contributed by atoms with Crippen LogP contribution in [0, 0.1) is 0 Å². The summed E-state index contributed by atoms with van der Waals surface area (Å²) in [5.41, 5.74) is 7.51. The van der Waals surface area contributed by atoms with Crippen LogP contribution in [0.4, 0.5) is 17.1 Å². The normalized spacial score (nSPS) is 11.7. The maximum Gasteiger partial charge on any atom is 0.138 e. The first-order valence-corrected chi connectivity index (χ1v) is 15.3. The number of hydrogen-bond donors (Lipinski definition) is 0. The molecule has 0 amide bonds. The Kier molecular flexibility index (Phi) is 5.40. The van der Waals surface area contributed by atoms with E-state index >= 15 is 0 Å². The molecule has 0 fully saturated rings. The molecule has 0 N–H and O–H groups in total. The van der Waals surface area contributed by atoms with Crippen LogP contribution in [0.1, 0.15) is 0 Å². The highest BCUT2D eigenvalue weighted by atomic mass is 32.1. The van der Waals surface area contributed by atoms with Crippen molar-refractivity contribution >= 4 is 81.3 Å². The molecule has 3 heteroatoms. The van der Waals surface area contributed by atoms with Gasteiger partial charge in [0.05, 0.1) is 11.1 Å². The number of para-hydroxylation sites is 1. The second-order valence-electron chi connectivity index (χ2n) is 10.9. The molecular formula is C40H25NOS. The van der Waals surface area contributed by atoms with E-state index in [2.05, 4.69) is 150 Å². The summed E-state index contributed by atoms with van der Waals surface area (Å²) >= 11 is 1.85. The summed E-state index contributed by atoms with van der Waals surface area (Å²) in [5, 5.41) is 7.17. The van der Waals surface area contributed by atoms with Crippen LogP contribution in [0.25, 0.3) is 64.0 Å². The molecule has 2 heterocycles. The van der Waals surface area contributed by atoms with Gasteiger partial charge in [0.15, 0.2) is 0 Å². The van der Waals surface area contributed by atoms with Gasteiger partial charge in [-0.1, -0.05) is 109 Å². The van der Waals surface area contributed by atoms with Crippen molar-refractivity contribution in [2.24, 2.45) is 0 Å². The fraction of sp³-hybridized carbons (Fsp3) is 0. The topological polar surface area (TPSA) is 16.4 Å². The molecule has 0 saturated carbocycles. The van der Waals surface area contributed by atoms with Gasteiger partial charge in [-0.3, -0.25) is 0 Å². The lowest BCUT2D eigenvalue weighted by Gasteiger charge is -2.28. The van der Waals surface area contributed by atoms with E-state index < -0.39 is 0 Å². The van der Waals surface area contributed by atoms with E-state index in [4.69, 9.17) is 4.42 Å². The Bertz CT molecular complexity index is 2470. The molecule has 0 spiro atoms. The Morgan fingerprint density at radius 3 is 2.05 bits per heavy atom. The van der Waals surface area contributed by atoms with Crippen LogP contribution in [0.2, 0.25) is 0 Å². The Morgan fingerprint density at radius 2 is 1.14 bits per heavy atom. The van der Waals surface area contributed by atoms with Crippen LogP contribution in [0.15, 0.2) is 156 Å². The van der Waals surface area contributed by atoms with Gasteiger partial charge in [0.25, 0.3) is 0 Å². The van der Waals surface area contributed by atoms with E-state index in [1.807, 2.05) is 17.4 Å². The Morgan fingerprint density at radius 1 is 0.442 bits per heavy atom. The Hall–Kier alpha value is -5.38. The Labute approximate surface area is 252 Å². The maximum absolute atomic E-state index is 6.50. The van der Waals surface area contributed by atoms with E-state index in [1.165, 1.54) is 36.7 Å². The van der Waals surface area contributed by atoms with E-state index in [-0.39, 0.29) is 0 Å². The average Bonchev–Trinajstić information content (AvgIpc) is 3.63. The Balaban J connectivity index is 1.40. The van der Waals surface area contributed by atoms with Crippen LogP contribution in [0.3, 0.4) is 0 Å². The largest absolute Gasteiger partial charge is 0.456 e. The molecule has 2 nitrogen and oxygen atoms in total. The zero-order chi connectivity index (χ0) is 28.3. The summed E-state index contributed by atoms with van der Waals surface area (Å²) in [4.78, 5) is 2.43. The first-order chi connectivity index (χ1) is 21.3. The van der Waals surface area contributed by atoms with Crippen molar-refractivity contribution in [3.8, 4) is 11.1 Å². The number of hydrogen-bond acceptors (Lipinski definition) is 3. The highest BCUT2D eigenvalue weighted by molar-refractivity contribution is 7.25. The van der Waals surface area contributed by atoms with E-state index in [9.17, 15) is 0 Å². The minimum Gasteiger partial charge on any atom is -0.456 e. The fourth-order valence-electron chi connectivity index (χ4n) is 6.47. The highest BCUT2D eigenvalue weighted by Gasteiger charge is 2.23. The van der Waals surface area contributed by atoms with Gasteiger partial charge in [-0.15, -0.1) is 11.3 Å². The van der Waals surface area contributed by atoms with E-state index in [1.54, 1.807) is 0 Å². The van der Waals surface area contributed by atoms with Crippen LogP contribution in [-0.2, 0) is 0 Å². The number of nitrogens with zero attached hydrogens (tertiary/aromatic N) is 1. The SMILES string of the molecule is c1ccc(-c2cccc(N(c3ccc4c(c3)sc3ccccc34)c3c4ccccc4cc4oc5ccccc5c34)c2)cc1. The number of anilines is 3. The number of furan rings is 1. The van der Waals surface area contributed by atoms with Crippen molar-refractivity contribution in [3.05, 3.63) is 152 Å². The van der Waals surface area contributed by atoms with Gasteiger partial charge in [0.1, 0.15) is 11.2 Å².